The van der Waals surface area contributed by atoms with Gasteiger partial charge < -0.3 is 0 Å². The molecule has 3 aromatic carbocycles. The fourth-order valence-electron chi connectivity index (χ4n) is 3.01. The molecule has 112 valence electrons. The van der Waals surface area contributed by atoms with Crippen LogP contribution in [0.15, 0.2) is 78.9 Å². The Morgan fingerprint density at radius 2 is 1.43 bits per heavy atom. The van der Waals surface area contributed by atoms with Gasteiger partial charge in [0.2, 0.25) is 0 Å². The van der Waals surface area contributed by atoms with Crippen molar-refractivity contribution in [2.45, 2.75) is 13.3 Å². The minimum atomic E-state index is 0.981. The molecule has 0 spiro atoms. The Bertz CT molecular complexity index is 931. The number of benzene rings is 3. The van der Waals surface area contributed by atoms with Gasteiger partial charge in [-0.05, 0) is 41.5 Å². The molecule has 0 N–H and O–H groups in total. The number of rotatable bonds is 3. The van der Waals surface area contributed by atoms with Gasteiger partial charge in [-0.25, -0.2) is 0 Å². The summed E-state index contributed by atoms with van der Waals surface area (Å²) in [6, 6.07) is 28.4. The van der Waals surface area contributed by atoms with Crippen LogP contribution < -0.4 is 0 Å². The number of hydrogen-bond donors (Lipinski definition) is 0. The van der Waals surface area contributed by atoms with E-state index in [-0.39, 0.29) is 0 Å². The zero-order valence-corrected chi connectivity index (χ0v) is 13.9. The summed E-state index contributed by atoms with van der Waals surface area (Å²) in [5, 5.41) is 1.39. The second-order valence-electron chi connectivity index (χ2n) is 5.93. The van der Waals surface area contributed by atoms with Crippen LogP contribution in [0.1, 0.15) is 16.7 Å². The molecule has 1 aromatic heterocycles. The summed E-state index contributed by atoms with van der Waals surface area (Å²) in [5.74, 6) is 0. The Kier molecular flexibility index (Phi) is 3.72. The number of thiophene rings is 1. The van der Waals surface area contributed by atoms with E-state index in [2.05, 4.69) is 85.8 Å². The fourth-order valence-corrected chi connectivity index (χ4v) is 4.23. The molecule has 0 fully saturated rings. The first-order chi connectivity index (χ1) is 11.3. The van der Waals surface area contributed by atoms with E-state index in [0.717, 1.165) is 6.42 Å². The Hall–Kier alpha value is -2.38. The smallest absolute Gasteiger partial charge is 0.0390 e. The first-order valence-electron chi connectivity index (χ1n) is 7.92. The maximum atomic E-state index is 2.25. The summed E-state index contributed by atoms with van der Waals surface area (Å²) in [6.45, 7) is 2.14. The van der Waals surface area contributed by atoms with Crippen molar-refractivity contribution in [1.29, 1.82) is 0 Å². The van der Waals surface area contributed by atoms with E-state index in [9.17, 15) is 0 Å². The molecule has 1 heteroatoms. The maximum absolute atomic E-state index is 2.25. The molecule has 0 saturated heterocycles. The second-order valence-corrected chi connectivity index (χ2v) is 6.99. The Morgan fingerprint density at radius 1 is 0.739 bits per heavy atom. The van der Waals surface area contributed by atoms with Crippen molar-refractivity contribution in [3.63, 3.8) is 0 Å². The van der Waals surface area contributed by atoms with Gasteiger partial charge in [0.1, 0.15) is 0 Å². The van der Waals surface area contributed by atoms with E-state index in [1.807, 2.05) is 11.3 Å². The minimum absolute atomic E-state index is 0.981. The molecule has 0 nitrogen and oxygen atoms in total. The van der Waals surface area contributed by atoms with Crippen molar-refractivity contribution in [2.24, 2.45) is 0 Å². The molecule has 0 unspecified atom stereocenters. The first-order valence-corrected chi connectivity index (χ1v) is 8.74. The predicted molar refractivity (Wildman–Crippen MR) is 101 cm³/mol. The summed E-state index contributed by atoms with van der Waals surface area (Å²) >= 11 is 1.90. The molecule has 23 heavy (non-hydrogen) atoms. The SMILES string of the molecule is Cc1ccc(Cc2c(-c3ccccc3)sc3ccccc23)cc1. The molecule has 0 atom stereocenters. The predicted octanol–water partition coefficient (Wildman–Crippen LogP) is 6.47. The molecule has 0 amide bonds. The lowest BCUT2D eigenvalue weighted by molar-refractivity contribution is 1.22. The summed E-state index contributed by atoms with van der Waals surface area (Å²) in [4.78, 5) is 1.40. The monoisotopic (exact) mass is 314 g/mol. The molecule has 4 aromatic rings. The lowest BCUT2D eigenvalue weighted by Gasteiger charge is -2.06. The second kappa shape index (κ2) is 6.02. The third-order valence-corrected chi connectivity index (χ3v) is 5.50. The fraction of sp³-hybridized carbons (Fsp3) is 0.0909. The topological polar surface area (TPSA) is 0 Å². The van der Waals surface area contributed by atoms with Gasteiger partial charge in [-0.2, -0.15) is 0 Å². The van der Waals surface area contributed by atoms with Crippen molar-refractivity contribution in [3.05, 3.63) is 95.6 Å². The normalized spacial score (nSPS) is 11.0. The average Bonchev–Trinajstić information content (AvgIpc) is 2.96. The van der Waals surface area contributed by atoms with Gasteiger partial charge >= 0.3 is 0 Å². The molecule has 1 heterocycles. The third-order valence-electron chi connectivity index (χ3n) is 4.24. The van der Waals surface area contributed by atoms with Crippen molar-refractivity contribution >= 4 is 21.4 Å². The lowest BCUT2D eigenvalue weighted by Crippen LogP contribution is -1.89. The summed E-state index contributed by atoms with van der Waals surface area (Å²) in [5.41, 5.74) is 5.44. The van der Waals surface area contributed by atoms with Gasteiger partial charge in [-0.1, -0.05) is 78.4 Å². The van der Waals surface area contributed by atoms with Crippen molar-refractivity contribution in [1.82, 2.24) is 0 Å². The van der Waals surface area contributed by atoms with E-state index in [1.54, 1.807) is 0 Å². The van der Waals surface area contributed by atoms with Crippen LogP contribution in [0.3, 0.4) is 0 Å². The van der Waals surface area contributed by atoms with Crippen molar-refractivity contribution in [2.75, 3.05) is 0 Å². The number of fused-ring (bicyclic) bond motifs is 1. The highest BCUT2D eigenvalue weighted by Gasteiger charge is 2.13. The number of aryl methyl sites for hydroxylation is 1. The van der Waals surface area contributed by atoms with Gasteiger partial charge in [-0.3, -0.25) is 0 Å². The summed E-state index contributed by atoms with van der Waals surface area (Å²) < 4.78 is 1.37. The molecule has 0 aliphatic heterocycles. The van der Waals surface area contributed by atoms with Gasteiger partial charge in [0.15, 0.2) is 0 Å². The van der Waals surface area contributed by atoms with Crippen LogP contribution in [0.2, 0.25) is 0 Å². The van der Waals surface area contributed by atoms with E-state index in [1.165, 1.54) is 37.2 Å². The lowest BCUT2D eigenvalue weighted by atomic mass is 9.98. The quantitative estimate of drug-likeness (QED) is 0.406. The van der Waals surface area contributed by atoms with E-state index in [4.69, 9.17) is 0 Å². The van der Waals surface area contributed by atoms with Crippen LogP contribution in [0.4, 0.5) is 0 Å². The molecular weight excluding hydrogens is 296 g/mol. The Morgan fingerprint density at radius 3 is 2.22 bits per heavy atom. The molecule has 0 aliphatic carbocycles. The molecule has 4 rings (SSSR count). The summed E-state index contributed by atoms with van der Waals surface area (Å²) in [6.07, 6.45) is 0.981. The van der Waals surface area contributed by atoms with E-state index < -0.39 is 0 Å². The molecular formula is C22H18S. The van der Waals surface area contributed by atoms with Gasteiger partial charge in [0, 0.05) is 9.58 Å². The first kappa shape index (κ1) is 14.2. The molecule has 0 saturated carbocycles. The zero-order valence-electron chi connectivity index (χ0n) is 13.1. The van der Waals surface area contributed by atoms with Crippen LogP contribution in [0.25, 0.3) is 20.5 Å². The van der Waals surface area contributed by atoms with Crippen LogP contribution in [-0.2, 0) is 6.42 Å². The van der Waals surface area contributed by atoms with E-state index in [0.29, 0.717) is 0 Å². The van der Waals surface area contributed by atoms with Gasteiger partial charge in [-0.15, -0.1) is 11.3 Å². The maximum Gasteiger partial charge on any atom is 0.0390 e. The van der Waals surface area contributed by atoms with Crippen molar-refractivity contribution in [3.8, 4) is 10.4 Å². The van der Waals surface area contributed by atoms with Crippen LogP contribution in [-0.4, -0.2) is 0 Å². The highest BCUT2D eigenvalue weighted by molar-refractivity contribution is 7.22. The zero-order chi connectivity index (χ0) is 15.6. The molecule has 0 bridgehead atoms. The number of hydrogen-bond acceptors (Lipinski definition) is 1. The molecule has 0 aliphatic rings. The van der Waals surface area contributed by atoms with Crippen LogP contribution in [0, 0.1) is 6.92 Å². The van der Waals surface area contributed by atoms with Crippen LogP contribution in [0.5, 0.6) is 0 Å². The van der Waals surface area contributed by atoms with Gasteiger partial charge in [0.05, 0.1) is 0 Å². The Labute approximate surface area is 141 Å². The highest BCUT2D eigenvalue weighted by Crippen LogP contribution is 2.39. The van der Waals surface area contributed by atoms with Crippen molar-refractivity contribution < 1.29 is 0 Å². The highest BCUT2D eigenvalue weighted by atomic mass is 32.1. The largest absolute Gasteiger partial charge is 0.135 e. The standard InChI is InChI=1S/C22H18S/c1-16-11-13-17(14-12-16)15-20-19-9-5-6-10-21(19)23-22(20)18-7-3-2-4-8-18/h2-14H,15H2,1H3. The summed E-state index contributed by atoms with van der Waals surface area (Å²) in [7, 11) is 0. The molecule has 0 radical (unpaired) electrons. The average molecular weight is 314 g/mol. The Balaban J connectivity index is 1.87. The minimum Gasteiger partial charge on any atom is -0.135 e. The van der Waals surface area contributed by atoms with Crippen LogP contribution >= 0.6 is 11.3 Å². The van der Waals surface area contributed by atoms with Gasteiger partial charge in [0.25, 0.3) is 0 Å². The van der Waals surface area contributed by atoms with E-state index >= 15 is 0 Å². The third kappa shape index (κ3) is 2.80.